The lowest BCUT2D eigenvalue weighted by Crippen LogP contribution is -2.25. The first kappa shape index (κ1) is 12.5. The van der Waals surface area contributed by atoms with Gasteiger partial charge in [-0.05, 0) is 30.3 Å². The molecule has 0 bridgehead atoms. The quantitative estimate of drug-likeness (QED) is 0.674. The van der Waals surface area contributed by atoms with Gasteiger partial charge in [-0.1, -0.05) is 23.7 Å². The normalized spacial score (nSPS) is 10.8. The van der Waals surface area contributed by atoms with Crippen LogP contribution in [0.25, 0.3) is 11.0 Å². The van der Waals surface area contributed by atoms with Crippen molar-refractivity contribution in [3.05, 3.63) is 63.5 Å². The van der Waals surface area contributed by atoms with E-state index in [9.17, 15) is 9.59 Å². The van der Waals surface area contributed by atoms with Crippen LogP contribution in [0.1, 0.15) is 10.4 Å². The van der Waals surface area contributed by atoms with Gasteiger partial charge in [0, 0.05) is 5.69 Å². The summed E-state index contributed by atoms with van der Waals surface area (Å²) >= 11 is 6.00. The second-order valence-electron chi connectivity index (χ2n) is 4.33. The number of imidazole rings is 1. The van der Waals surface area contributed by atoms with Gasteiger partial charge in [0.05, 0.1) is 21.6 Å². The maximum absolute atomic E-state index is 12.5. The molecule has 5 nitrogen and oxygen atoms in total. The predicted octanol–water partition coefficient (Wildman–Crippen LogP) is 2.25. The fourth-order valence-corrected chi connectivity index (χ4v) is 2.29. The van der Waals surface area contributed by atoms with Crippen molar-refractivity contribution >= 4 is 34.2 Å². The van der Waals surface area contributed by atoms with Gasteiger partial charge in [0.15, 0.2) is 0 Å². The van der Waals surface area contributed by atoms with Gasteiger partial charge in [0.2, 0.25) is 0 Å². The van der Waals surface area contributed by atoms with Crippen molar-refractivity contribution in [3.8, 4) is 0 Å². The molecule has 3 rings (SSSR count). The molecule has 2 aromatic carbocycles. The molecular weight excluding hydrogens is 278 g/mol. The fourth-order valence-electron chi connectivity index (χ4n) is 2.08. The molecule has 3 N–H and O–H groups in total. The van der Waals surface area contributed by atoms with E-state index in [2.05, 4.69) is 4.98 Å². The molecule has 0 saturated heterocycles. The highest BCUT2D eigenvalue weighted by molar-refractivity contribution is 6.34. The minimum Gasteiger partial charge on any atom is -0.399 e. The van der Waals surface area contributed by atoms with Gasteiger partial charge in [-0.3, -0.25) is 4.79 Å². The number of fused-ring (bicyclic) bond motifs is 1. The Morgan fingerprint density at radius 2 is 1.95 bits per heavy atom. The molecule has 0 aliphatic heterocycles. The molecule has 0 radical (unpaired) electrons. The molecule has 0 saturated carbocycles. The molecule has 0 atom stereocenters. The number of rotatable bonds is 1. The Morgan fingerprint density at radius 1 is 1.20 bits per heavy atom. The van der Waals surface area contributed by atoms with Crippen LogP contribution in [0, 0.1) is 0 Å². The number of benzene rings is 2. The van der Waals surface area contributed by atoms with E-state index in [1.165, 1.54) is 0 Å². The van der Waals surface area contributed by atoms with Crippen LogP contribution in [-0.4, -0.2) is 15.5 Å². The van der Waals surface area contributed by atoms with E-state index in [0.29, 0.717) is 21.7 Å². The van der Waals surface area contributed by atoms with E-state index in [-0.39, 0.29) is 5.56 Å². The predicted molar refractivity (Wildman–Crippen MR) is 78.2 cm³/mol. The monoisotopic (exact) mass is 287 g/mol. The smallest absolute Gasteiger partial charge is 0.333 e. The first-order valence-electron chi connectivity index (χ1n) is 5.87. The number of nitrogen functional groups attached to an aromatic ring is 1. The molecule has 3 aromatic rings. The van der Waals surface area contributed by atoms with E-state index in [1.54, 1.807) is 42.5 Å². The molecule has 0 unspecified atom stereocenters. The highest BCUT2D eigenvalue weighted by Gasteiger charge is 2.17. The number of carbonyl (C=O) groups excluding carboxylic acids is 1. The number of carbonyl (C=O) groups is 1. The fraction of sp³-hybridized carbons (Fsp3) is 0. The lowest BCUT2D eigenvalue weighted by atomic mass is 10.2. The standard InChI is InChI=1S/C14H10ClN3O2/c15-10-4-2-1-3-9(10)13(19)18-12-7-8(16)5-6-11(12)17-14(18)20/h1-7H,16H2,(H,17,20). The number of nitrogens with two attached hydrogens (primary N) is 1. The van der Waals surface area contributed by atoms with Gasteiger partial charge in [0.1, 0.15) is 0 Å². The van der Waals surface area contributed by atoms with Crippen LogP contribution in [0.15, 0.2) is 47.3 Å². The first-order valence-corrected chi connectivity index (χ1v) is 6.25. The molecular formula is C14H10ClN3O2. The van der Waals surface area contributed by atoms with Gasteiger partial charge in [-0.25, -0.2) is 9.36 Å². The molecule has 0 aliphatic rings. The number of hydrogen-bond acceptors (Lipinski definition) is 3. The lowest BCUT2D eigenvalue weighted by molar-refractivity contribution is 0.0961. The van der Waals surface area contributed by atoms with Crippen molar-refractivity contribution in [3.63, 3.8) is 0 Å². The Morgan fingerprint density at radius 3 is 2.70 bits per heavy atom. The van der Waals surface area contributed by atoms with Gasteiger partial charge in [-0.15, -0.1) is 0 Å². The third kappa shape index (κ3) is 1.88. The Balaban J connectivity index is 2.27. The number of nitrogens with zero attached hydrogens (tertiary/aromatic N) is 1. The molecule has 0 spiro atoms. The second kappa shape index (κ2) is 4.54. The summed E-state index contributed by atoms with van der Waals surface area (Å²) in [5.74, 6) is -0.488. The van der Waals surface area contributed by atoms with Crippen LogP contribution in [0.5, 0.6) is 0 Å². The van der Waals surface area contributed by atoms with Crippen molar-refractivity contribution in [2.75, 3.05) is 5.73 Å². The van der Waals surface area contributed by atoms with Crippen molar-refractivity contribution in [2.45, 2.75) is 0 Å². The zero-order valence-corrected chi connectivity index (χ0v) is 11.0. The van der Waals surface area contributed by atoms with Gasteiger partial charge in [-0.2, -0.15) is 0 Å². The number of anilines is 1. The minimum absolute atomic E-state index is 0.264. The number of nitrogens with one attached hydrogen (secondary N) is 1. The van der Waals surface area contributed by atoms with Crippen molar-refractivity contribution in [1.29, 1.82) is 0 Å². The highest BCUT2D eigenvalue weighted by atomic mass is 35.5. The topological polar surface area (TPSA) is 80.9 Å². The zero-order chi connectivity index (χ0) is 14.3. The summed E-state index contributed by atoms with van der Waals surface area (Å²) in [6.07, 6.45) is 0. The van der Waals surface area contributed by atoms with Crippen molar-refractivity contribution in [2.24, 2.45) is 0 Å². The highest BCUT2D eigenvalue weighted by Crippen LogP contribution is 2.19. The Labute approximate surface area is 118 Å². The van der Waals surface area contributed by atoms with Gasteiger partial charge in [0.25, 0.3) is 5.91 Å². The summed E-state index contributed by atoms with van der Waals surface area (Å²) in [6.45, 7) is 0. The van der Waals surface area contributed by atoms with E-state index in [0.717, 1.165) is 4.57 Å². The summed E-state index contributed by atoms with van der Waals surface area (Å²) in [6, 6.07) is 11.5. The third-order valence-corrected chi connectivity index (χ3v) is 3.34. The third-order valence-electron chi connectivity index (χ3n) is 3.01. The number of hydrogen-bond donors (Lipinski definition) is 2. The van der Waals surface area contributed by atoms with Crippen LogP contribution in [0.2, 0.25) is 5.02 Å². The molecule has 0 amide bonds. The maximum atomic E-state index is 12.5. The summed E-state index contributed by atoms with van der Waals surface area (Å²) < 4.78 is 1.03. The number of aromatic amines is 1. The largest absolute Gasteiger partial charge is 0.399 e. The van der Waals surface area contributed by atoms with Gasteiger partial charge < -0.3 is 10.7 Å². The average molecular weight is 288 g/mol. The van der Waals surface area contributed by atoms with E-state index in [4.69, 9.17) is 17.3 Å². The van der Waals surface area contributed by atoms with E-state index < -0.39 is 11.6 Å². The van der Waals surface area contributed by atoms with Crippen molar-refractivity contribution in [1.82, 2.24) is 9.55 Å². The number of H-pyrrole nitrogens is 1. The second-order valence-corrected chi connectivity index (χ2v) is 4.73. The van der Waals surface area contributed by atoms with Gasteiger partial charge >= 0.3 is 5.69 Å². The van der Waals surface area contributed by atoms with Crippen LogP contribution in [0.4, 0.5) is 5.69 Å². The summed E-state index contributed by atoms with van der Waals surface area (Å²) in [5, 5.41) is 0.294. The van der Waals surface area contributed by atoms with Crippen LogP contribution in [-0.2, 0) is 0 Å². The maximum Gasteiger partial charge on any atom is 0.333 e. The number of halogens is 1. The molecule has 1 heterocycles. The molecule has 0 fully saturated rings. The van der Waals surface area contributed by atoms with Crippen molar-refractivity contribution < 1.29 is 4.79 Å². The average Bonchev–Trinajstić information content (AvgIpc) is 2.74. The van der Waals surface area contributed by atoms with Crippen LogP contribution >= 0.6 is 11.6 Å². The summed E-state index contributed by atoms with van der Waals surface area (Å²) in [5.41, 5.74) is 6.90. The Kier molecular flexibility index (Phi) is 2.84. The zero-order valence-electron chi connectivity index (χ0n) is 10.3. The van der Waals surface area contributed by atoms with E-state index >= 15 is 0 Å². The Hall–Kier alpha value is -2.53. The summed E-state index contributed by atoms with van der Waals surface area (Å²) in [7, 11) is 0. The first-order chi connectivity index (χ1) is 9.58. The molecule has 0 aliphatic carbocycles. The molecule has 6 heteroatoms. The SMILES string of the molecule is Nc1ccc2[nH]c(=O)n(C(=O)c3ccccc3Cl)c2c1. The minimum atomic E-state index is -0.518. The molecule has 1 aromatic heterocycles. The number of aromatic nitrogens is 2. The van der Waals surface area contributed by atoms with E-state index in [1.807, 2.05) is 0 Å². The summed E-state index contributed by atoms with van der Waals surface area (Å²) in [4.78, 5) is 27.1. The van der Waals surface area contributed by atoms with Crippen LogP contribution in [0.3, 0.4) is 0 Å². The molecule has 100 valence electrons. The lowest BCUT2D eigenvalue weighted by Gasteiger charge is -2.04. The van der Waals surface area contributed by atoms with Crippen LogP contribution < -0.4 is 11.4 Å². The molecule has 20 heavy (non-hydrogen) atoms. The Bertz CT molecular complexity index is 880.